The maximum Gasteiger partial charge on any atom is 0.317 e. The number of amides is 1. The molecule has 2 N–H and O–H groups in total. The van der Waals surface area contributed by atoms with Crippen molar-refractivity contribution >= 4 is 39.1 Å². The van der Waals surface area contributed by atoms with Crippen LogP contribution in [0.15, 0.2) is 36.7 Å². The molecular formula is C29H35FN8O3. The molecule has 2 aromatic carbocycles. The van der Waals surface area contributed by atoms with Crippen LogP contribution in [0.25, 0.3) is 21.8 Å². The van der Waals surface area contributed by atoms with Gasteiger partial charge in [-0.2, -0.15) is 10.1 Å². The van der Waals surface area contributed by atoms with Crippen LogP contribution in [0.5, 0.6) is 6.01 Å². The Morgan fingerprint density at radius 2 is 1.98 bits per heavy atom. The Morgan fingerprint density at radius 3 is 2.76 bits per heavy atom. The fourth-order valence-electron chi connectivity index (χ4n) is 5.76. The lowest BCUT2D eigenvalue weighted by Crippen LogP contribution is -2.54. The highest BCUT2D eigenvalue weighted by Gasteiger charge is 2.25. The van der Waals surface area contributed by atoms with E-state index in [-0.39, 0.29) is 17.6 Å². The first-order valence-corrected chi connectivity index (χ1v) is 13.9. The molecule has 0 bridgehead atoms. The Balaban J connectivity index is 1.34. The van der Waals surface area contributed by atoms with Crippen LogP contribution in [0, 0.1) is 5.82 Å². The summed E-state index contributed by atoms with van der Waals surface area (Å²) in [6.45, 7) is 8.49. The number of nitrogens with one attached hydrogen (secondary N) is 2. The molecule has 4 heterocycles. The van der Waals surface area contributed by atoms with Crippen molar-refractivity contribution in [3.8, 4) is 6.01 Å². The number of morpholine rings is 1. The van der Waals surface area contributed by atoms with Gasteiger partial charge in [-0.1, -0.05) is 0 Å². The van der Waals surface area contributed by atoms with Crippen LogP contribution in [-0.4, -0.2) is 95.2 Å². The largest absolute Gasteiger partial charge is 0.461 e. The van der Waals surface area contributed by atoms with Gasteiger partial charge in [0.1, 0.15) is 18.2 Å². The van der Waals surface area contributed by atoms with E-state index in [1.54, 1.807) is 31.6 Å². The molecule has 0 spiro atoms. The Morgan fingerprint density at radius 1 is 1.17 bits per heavy atom. The van der Waals surface area contributed by atoms with Gasteiger partial charge in [0.15, 0.2) is 5.82 Å². The number of rotatable bonds is 6. The first-order chi connectivity index (χ1) is 19.7. The molecule has 12 heteroatoms. The summed E-state index contributed by atoms with van der Waals surface area (Å²) in [4.78, 5) is 27.3. The van der Waals surface area contributed by atoms with E-state index >= 15 is 0 Å². The summed E-state index contributed by atoms with van der Waals surface area (Å²) in [7, 11) is 3.77. The molecule has 3 unspecified atom stereocenters. The summed E-state index contributed by atoms with van der Waals surface area (Å²) in [5, 5.41) is 11.9. The van der Waals surface area contributed by atoms with Crippen LogP contribution in [0.3, 0.4) is 0 Å². The van der Waals surface area contributed by atoms with Gasteiger partial charge in [-0.15, -0.1) is 0 Å². The van der Waals surface area contributed by atoms with E-state index in [1.165, 1.54) is 10.7 Å². The summed E-state index contributed by atoms with van der Waals surface area (Å²) in [6.07, 6.45) is 3.33. The van der Waals surface area contributed by atoms with Crippen LogP contribution >= 0.6 is 0 Å². The average Bonchev–Trinajstić information content (AvgIpc) is 3.31. The van der Waals surface area contributed by atoms with Crippen LogP contribution in [0.4, 0.5) is 15.8 Å². The third kappa shape index (κ3) is 5.81. The van der Waals surface area contributed by atoms with Crippen molar-refractivity contribution in [1.82, 2.24) is 30.0 Å². The van der Waals surface area contributed by atoms with E-state index in [9.17, 15) is 9.18 Å². The van der Waals surface area contributed by atoms with E-state index in [0.29, 0.717) is 47.5 Å². The van der Waals surface area contributed by atoms with Gasteiger partial charge in [-0.05, 0) is 45.2 Å². The van der Waals surface area contributed by atoms with Crippen LogP contribution < -0.4 is 20.3 Å². The predicted molar refractivity (Wildman–Crippen MR) is 155 cm³/mol. The highest BCUT2D eigenvalue weighted by molar-refractivity contribution is 6.14. The molecule has 11 nitrogen and oxygen atoms in total. The van der Waals surface area contributed by atoms with Gasteiger partial charge in [0, 0.05) is 79.9 Å². The third-order valence-electron chi connectivity index (χ3n) is 7.52. The van der Waals surface area contributed by atoms with Gasteiger partial charge in [0.2, 0.25) is 0 Å². The average molecular weight is 563 g/mol. The number of carbonyl (C=O) groups excluding carboxylic acids is 1. The first-order valence-electron chi connectivity index (χ1n) is 13.9. The molecule has 6 rings (SSSR count). The molecule has 2 fully saturated rings. The van der Waals surface area contributed by atoms with Crippen molar-refractivity contribution in [3.05, 3.63) is 48.0 Å². The number of aryl methyl sites for hydroxylation is 1. The number of fused-ring (bicyclic) bond motifs is 2. The summed E-state index contributed by atoms with van der Waals surface area (Å²) in [5.41, 5.74) is 2.34. The van der Waals surface area contributed by atoms with Crippen molar-refractivity contribution in [1.29, 1.82) is 0 Å². The van der Waals surface area contributed by atoms with E-state index in [2.05, 4.69) is 44.4 Å². The third-order valence-corrected chi connectivity index (χ3v) is 7.52. The molecule has 2 aromatic heterocycles. The minimum atomic E-state index is -0.505. The van der Waals surface area contributed by atoms with E-state index in [0.717, 1.165) is 37.3 Å². The molecule has 2 aliphatic rings. The maximum atomic E-state index is 14.7. The molecule has 41 heavy (non-hydrogen) atoms. The highest BCUT2D eigenvalue weighted by atomic mass is 19.1. The van der Waals surface area contributed by atoms with Crippen molar-refractivity contribution in [3.63, 3.8) is 0 Å². The lowest BCUT2D eigenvalue weighted by molar-refractivity contribution is -0.0416. The summed E-state index contributed by atoms with van der Waals surface area (Å²) in [6, 6.07) is 7.44. The number of ether oxygens (including phenoxy) is 2. The maximum absolute atomic E-state index is 14.7. The van der Waals surface area contributed by atoms with Crippen LogP contribution in [0.1, 0.15) is 24.2 Å². The predicted octanol–water partition coefficient (Wildman–Crippen LogP) is 2.80. The number of hydrogen-bond acceptors (Lipinski definition) is 9. The minimum absolute atomic E-state index is 0.0942. The monoisotopic (exact) mass is 562 g/mol. The topological polar surface area (TPSA) is 110 Å². The molecule has 2 aliphatic heterocycles. The molecule has 216 valence electrons. The smallest absolute Gasteiger partial charge is 0.317 e. The Labute approximate surface area is 237 Å². The molecule has 0 saturated carbocycles. The molecule has 3 atom stereocenters. The zero-order valence-electron chi connectivity index (χ0n) is 23.7. The van der Waals surface area contributed by atoms with Crippen molar-refractivity contribution in [2.45, 2.75) is 32.0 Å². The Bertz CT molecular complexity index is 1580. The van der Waals surface area contributed by atoms with E-state index in [1.807, 2.05) is 13.1 Å². The van der Waals surface area contributed by atoms with Gasteiger partial charge in [0.25, 0.3) is 5.91 Å². The normalized spacial score (nSPS) is 21.9. The molecular weight excluding hydrogens is 527 g/mol. The summed E-state index contributed by atoms with van der Waals surface area (Å²) in [5.74, 6) is -0.915. The number of carbonyl (C=O) groups is 1. The lowest BCUT2D eigenvalue weighted by atomic mass is 10.0. The summed E-state index contributed by atoms with van der Waals surface area (Å²) < 4.78 is 28.0. The second kappa shape index (κ2) is 11.2. The zero-order chi connectivity index (χ0) is 28.7. The highest BCUT2D eigenvalue weighted by Crippen LogP contribution is 2.31. The SMILES string of the molecule is CC1CN(c2ccc(C(=O)Nc3cc(F)c4nn(C)cc4c3)c3nc(OCC4CN(C)CCO4)ncc23)CC(C)N1. The van der Waals surface area contributed by atoms with E-state index < -0.39 is 11.7 Å². The second-order valence-corrected chi connectivity index (χ2v) is 11.1. The number of piperazine rings is 1. The van der Waals surface area contributed by atoms with Gasteiger partial charge in [-0.3, -0.25) is 9.48 Å². The standard InChI is InChI=1S/C29H35FN8O3/c1-17-12-38(13-18(2)32-17)25-6-5-22(28(39)33-20-9-19-14-37(4)35-26(19)24(30)10-20)27-23(25)11-31-29(34-27)41-16-21-15-36(3)7-8-40-21/h5-6,9-11,14,17-18,21,32H,7-8,12-13,15-16H2,1-4H3,(H,33,39). The molecule has 2 saturated heterocycles. The number of nitrogens with zero attached hydrogens (tertiary/aromatic N) is 6. The Kier molecular flexibility index (Phi) is 7.45. The van der Waals surface area contributed by atoms with Gasteiger partial charge in [-0.25, -0.2) is 9.37 Å². The minimum Gasteiger partial charge on any atom is -0.461 e. The summed E-state index contributed by atoms with van der Waals surface area (Å²) >= 11 is 0. The second-order valence-electron chi connectivity index (χ2n) is 11.1. The van der Waals surface area contributed by atoms with Crippen LogP contribution in [0.2, 0.25) is 0 Å². The van der Waals surface area contributed by atoms with Gasteiger partial charge < -0.3 is 29.9 Å². The first kappa shape index (κ1) is 27.3. The van der Waals surface area contributed by atoms with Crippen molar-refractivity contribution < 1.29 is 18.7 Å². The fraction of sp³-hybridized carbons (Fsp3) is 0.448. The molecule has 1 amide bonds. The van der Waals surface area contributed by atoms with Gasteiger partial charge in [0.05, 0.1) is 17.7 Å². The van der Waals surface area contributed by atoms with Crippen LogP contribution in [-0.2, 0) is 11.8 Å². The van der Waals surface area contributed by atoms with Gasteiger partial charge >= 0.3 is 6.01 Å². The number of hydrogen-bond donors (Lipinski definition) is 2. The lowest BCUT2D eigenvalue weighted by Gasteiger charge is -2.38. The number of likely N-dealkylation sites (N-methyl/N-ethyl adjacent to an activating group) is 1. The number of halogens is 1. The fourth-order valence-corrected chi connectivity index (χ4v) is 5.76. The number of anilines is 2. The quantitative estimate of drug-likeness (QED) is 0.367. The molecule has 0 radical (unpaired) electrons. The molecule has 4 aromatic rings. The van der Waals surface area contributed by atoms with E-state index in [4.69, 9.17) is 14.5 Å². The van der Waals surface area contributed by atoms with Crippen molar-refractivity contribution in [2.75, 3.05) is 56.7 Å². The molecule has 0 aliphatic carbocycles. The number of benzene rings is 2. The zero-order valence-corrected chi connectivity index (χ0v) is 23.7. The van der Waals surface area contributed by atoms with Crippen molar-refractivity contribution in [2.24, 2.45) is 7.05 Å². The number of aromatic nitrogens is 4. The Hall–Kier alpha value is -3.87.